The molecular formula is C22H21F3N4O4S. The van der Waals surface area contributed by atoms with Crippen LogP contribution in [-0.4, -0.2) is 45.6 Å². The van der Waals surface area contributed by atoms with Gasteiger partial charge in [-0.15, -0.1) is 23.4 Å². The first-order valence-corrected chi connectivity index (χ1v) is 10.8. The summed E-state index contributed by atoms with van der Waals surface area (Å²) in [6, 6.07) is 12.2. The largest absolute Gasteiger partial charge is 0.573 e. The summed E-state index contributed by atoms with van der Waals surface area (Å²) in [7, 11) is 1.47. The fourth-order valence-electron chi connectivity index (χ4n) is 3.12. The van der Waals surface area contributed by atoms with Crippen LogP contribution >= 0.6 is 11.3 Å². The van der Waals surface area contributed by atoms with Gasteiger partial charge in [0, 0.05) is 26.1 Å². The smallest absolute Gasteiger partial charge is 0.465 e. The number of amides is 2. The average molecular weight is 494 g/mol. The monoisotopic (exact) mass is 494 g/mol. The van der Waals surface area contributed by atoms with Crippen LogP contribution in [0.5, 0.6) is 5.75 Å². The van der Waals surface area contributed by atoms with Crippen molar-refractivity contribution in [2.45, 2.75) is 32.3 Å². The Labute approximate surface area is 197 Å². The van der Waals surface area contributed by atoms with Gasteiger partial charge in [0.05, 0.1) is 6.04 Å². The molecule has 34 heavy (non-hydrogen) atoms. The first-order chi connectivity index (χ1) is 16.0. The molecule has 180 valence electrons. The summed E-state index contributed by atoms with van der Waals surface area (Å²) in [6.07, 6.45) is -5.45. The summed E-state index contributed by atoms with van der Waals surface area (Å²) in [5.41, 5.74) is 2.08. The normalized spacial score (nSPS) is 12.1. The SMILES string of the molecule is CC(=O)NC(Cc1ccc(CN(C)C(=O)O)cc1)c1nnc(-c2cccc(OC(F)(F)F)c2)s1. The highest BCUT2D eigenvalue weighted by Crippen LogP contribution is 2.32. The van der Waals surface area contributed by atoms with E-state index in [1.165, 1.54) is 32.2 Å². The van der Waals surface area contributed by atoms with Crippen molar-refractivity contribution in [2.75, 3.05) is 7.05 Å². The number of benzene rings is 2. The Kier molecular flexibility index (Phi) is 7.72. The predicted octanol–water partition coefficient (Wildman–Crippen LogP) is 4.63. The summed E-state index contributed by atoms with van der Waals surface area (Å²) >= 11 is 1.15. The highest BCUT2D eigenvalue weighted by Gasteiger charge is 2.31. The zero-order valence-corrected chi connectivity index (χ0v) is 19.0. The van der Waals surface area contributed by atoms with Gasteiger partial charge in [-0.05, 0) is 29.7 Å². The van der Waals surface area contributed by atoms with Gasteiger partial charge in [0.2, 0.25) is 5.91 Å². The predicted molar refractivity (Wildman–Crippen MR) is 118 cm³/mol. The number of carboxylic acid groups (broad SMARTS) is 1. The third kappa shape index (κ3) is 7.17. The van der Waals surface area contributed by atoms with Crippen LogP contribution in [0.15, 0.2) is 48.5 Å². The lowest BCUT2D eigenvalue weighted by atomic mass is 10.0. The molecule has 0 fully saturated rings. The maximum atomic E-state index is 12.5. The molecule has 3 rings (SSSR count). The molecule has 1 atom stereocenters. The lowest BCUT2D eigenvalue weighted by molar-refractivity contribution is -0.274. The highest BCUT2D eigenvalue weighted by molar-refractivity contribution is 7.14. The fraction of sp³-hybridized carbons (Fsp3) is 0.273. The quantitative estimate of drug-likeness (QED) is 0.473. The van der Waals surface area contributed by atoms with E-state index in [-0.39, 0.29) is 18.2 Å². The summed E-state index contributed by atoms with van der Waals surface area (Å²) < 4.78 is 41.5. The van der Waals surface area contributed by atoms with Crippen LogP contribution in [0.2, 0.25) is 0 Å². The van der Waals surface area contributed by atoms with Crippen LogP contribution < -0.4 is 10.1 Å². The topological polar surface area (TPSA) is 105 Å². The van der Waals surface area contributed by atoms with Gasteiger partial charge in [-0.3, -0.25) is 4.79 Å². The van der Waals surface area contributed by atoms with E-state index in [9.17, 15) is 22.8 Å². The van der Waals surface area contributed by atoms with Gasteiger partial charge < -0.3 is 20.1 Å². The zero-order valence-electron chi connectivity index (χ0n) is 18.2. The lowest BCUT2D eigenvalue weighted by Gasteiger charge is -2.16. The molecular weight excluding hydrogens is 473 g/mol. The zero-order chi connectivity index (χ0) is 24.9. The third-order valence-corrected chi connectivity index (χ3v) is 5.73. The number of aromatic nitrogens is 2. The minimum absolute atomic E-state index is 0.238. The first-order valence-electron chi connectivity index (χ1n) is 9.98. The number of hydrogen-bond acceptors (Lipinski definition) is 6. The molecule has 2 N–H and O–H groups in total. The molecule has 2 amide bonds. The molecule has 0 saturated carbocycles. The second-order valence-electron chi connectivity index (χ2n) is 7.43. The summed E-state index contributed by atoms with van der Waals surface area (Å²) in [6.45, 7) is 1.61. The molecule has 0 aliphatic carbocycles. The van der Waals surface area contributed by atoms with Crippen molar-refractivity contribution < 1.29 is 32.6 Å². The second kappa shape index (κ2) is 10.5. The van der Waals surface area contributed by atoms with Gasteiger partial charge in [0.1, 0.15) is 15.8 Å². The van der Waals surface area contributed by atoms with Gasteiger partial charge in [-0.2, -0.15) is 0 Å². The van der Waals surface area contributed by atoms with Crippen molar-refractivity contribution in [3.05, 3.63) is 64.7 Å². The molecule has 1 aromatic heterocycles. The van der Waals surface area contributed by atoms with E-state index < -0.39 is 18.5 Å². The maximum absolute atomic E-state index is 12.5. The Morgan fingerprint density at radius 3 is 2.44 bits per heavy atom. The molecule has 0 aliphatic rings. The summed E-state index contributed by atoms with van der Waals surface area (Å²) in [4.78, 5) is 23.9. The van der Waals surface area contributed by atoms with Crippen LogP contribution in [0.1, 0.15) is 29.1 Å². The number of ether oxygens (including phenoxy) is 1. The standard InChI is InChI=1S/C22H21F3N4O4S/c1-13(30)26-18(10-14-6-8-15(9-7-14)12-29(2)21(31)32)20-28-27-19(34-20)16-4-3-5-17(11-16)33-22(23,24)25/h3-9,11,18H,10,12H2,1-2H3,(H,26,30)(H,31,32). The summed E-state index contributed by atoms with van der Waals surface area (Å²) in [5.74, 6) is -0.643. The van der Waals surface area contributed by atoms with Crippen LogP contribution in [-0.2, 0) is 17.8 Å². The van der Waals surface area contributed by atoms with E-state index in [4.69, 9.17) is 5.11 Å². The Hall–Kier alpha value is -3.67. The first kappa shape index (κ1) is 25.0. The third-order valence-electron chi connectivity index (χ3n) is 4.64. The Morgan fingerprint density at radius 1 is 1.15 bits per heavy atom. The molecule has 1 unspecified atom stereocenters. The van der Waals surface area contributed by atoms with Gasteiger partial charge >= 0.3 is 12.5 Å². The van der Waals surface area contributed by atoms with Crippen LogP contribution in [0.3, 0.4) is 0 Å². The van der Waals surface area contributed by atoms with Crippen molar-refractivity contribution in [3.8, 4) is 16.3 Å². The van der Waals surface area contributed by atoms with E-state index in [1.807, 2.05) is 12.1 Å². The molecule has 3 aromatic rings. The number of nitrogens with one attached hydrogen (secondary N) is 1. The van der Waals surface area contributed by atoms with Crippen molar-refractivity contribution in [3.63, 3.8) is 0 Å². The molecule has 0 spiro atoms. The van der Waals surface area contributed by atoms with Gasteiger partial charge in [-0.1, -0.05) is 47.7 Å². The number of carbonyl (C=O) groups excluding carboxylic acids is 1. The van der Waals surface area contributed by atoms with Crippen molar-refractivity contribution in [1.29, 1.82) is 0 Å². The van der Waals surface area contributed by atoms with Crippen LogP contribution in [0, 0.1) is 0 Å². The molecule has 0 saturated heterocycles. The lowest BCUT2D eigenvalue weighted by Crippen LogP contribution is -2.27. The van der Waals surface area contributed by atoms with Crippen molar-refractivity contribution in [1.82, 2.24) is 20.4 Å². The average Bonchev–Trinajstić information content (AvgIpc) is 3.23. The van der Waals surface area contributed by atoms with E-state index >= 15 is 0 Å². The van der Waals surface area contributed by atoms with Crippen LogP contribution in [0.25, 0.3) is 10.6 Å². The molecule has 0 bridgehead atoms. The molecule has 2 aromatic carbocycles. The van der Waals surface area contributed by atoms with E-state index in [2.05, 4.69) is 20.3 Å². The minimum Gasteiger partial charge on any atom is -0.465 e. The Morgan fingerprint density at radius 2 is 1.82 bits per heavy atom. The summed E-state index contributed by atoms with van der Waals surface area (Å²) in [5, 5.41) is 20.9. The number of rotatable bonds is 8. The van der Waals surface area contributed by atoms with Gasteiger partial charge in [0.25, 0.3) is 0 Å². The van der Waals surface area contributed by atoms with Gasteiger partial charge in [-0.25, -0.2) is 4.79 Å². The van der Waals surface area contributed by atoms with E-state index in [0.717, 1.165) is 27.4 Å². The van der Waals surface area contributed by atoms with Crippen molar-refractivity contribution in [2.24, 2.45) is 0 Å². The number of carbonyl (C=O) groups is 2. The highest BCUT2D eigenvalue weighted by atomic mass is 32.1. The maximum Gasteiger partial charge on any atom is 0.573 e. The van der Waals surface area contributed by atoms with Crippen LogP contribution in [0.4, 0.5) is 18.0 Å². The second-order valence-corrected chi connectivity index (χ2v) is 8.44. The Balaban J connectivity index is 1.77. The Bertz CT molecular complexity index is 1150. The molecule has 8 nitrogen and oxygen atoms in total. The number of halogens is 3. The van der Waals surface area contributed by atoms with Crippen molar-refractivity contribution >= 4 is 23.3 Å². The molecule has 12 heteroatoms. The number of nitrogens with zero attached hydrogens (tertiary/aromatic N) is 3. The minimum atomic E-state index is -4.81. The molecule has 0 radical (unpaired) electrons. The molecule has 1 heterocycles. The van der Waals surface area contributed by atoms with E-state index in [0.29, 0.717) is 22.0 Å². The number of alkyl halides is 3. The van der Waals surface area contributed by atoms with Gasteiger partial charge in [0.15, 0.2) is 0 Å². The van der Waals surface area contributed by atoms with E-state index in [1.54, 1.807) is 18.2 Å². The number of hydrogen-bond donors (Lipinski definition) is 2. The molecule has 0 aliphatic heterocycles. The fourth-order valence-corrected chi connectivity index (χ4v) is 4.01.